The Balaban J connectivity index is 1.96. The van der Waals surface area contributed by atoms with E-state index in [2.05, 4.69) is 15.0 Å². The number of rotatable bonds is 7. The third-order valence-corrected chi connectivity index (χ3v) is 3.52. The molecule has 0 unspecified atom stereocenters. The Morgan fingerprint density at radius 3 is 2.48 bits per heavy atom. The Morgan fingerprint density at radius 2 is 1.80 bits per heavy atom. The molecule has 7 nitrogen and oxygen atoms in total. The standard InChI is InChI=1S/C18H20N2O5/c1-23-15-5-4-12(8-16(15)24-2)9-17(21)20-11-14-10-13(6-7-19-14)18(22)25-3/h4-8,10H,9,11H2,1-3H3,(H,20,21). The third-order valence-electron chi connectivity index (χ3n) is 3.52. The summed E-state index contributed by atoms with van der Waals surface area (Å²) in [7, 11) is 4.41. The van der Waals surface area contributed by atoms with Crippen molar-refractivity contribution in [2.75, 3.05) is 21.3 Å². The summed E-state index contributed by atoms with van der Waals surface area (Å²) >= 11 is 0. The number of esters is 1. The van der Waals surface area contributed by atoms with Crippen molar-refractivity contribution in [2.24, 2.45) is 0 Å². The van der Waals surface area contributed by atoms with Gasteiger partial charge in [0.1, 0.15) is 0 Å². The maximum Gasteiger partial charge on any atom is 0.337 e. The second-order valence-electron chi connectivity index (χ2n) is 5.17. The van der Waals surface area contributed by atoms with Crippen molar-refractivity contribution < 1.29 is 23.8 Å². The quantitative estimate of drug-likeness (QED) is 0.770. The molecule has 1 aromatic carbocycles. The average Bonchev–Trinajstić information content (AvgIpc) is 2.65. The second kappa shape index (κ2) is 8.68. The van der Waals surface area contributed by atoms with Gasteiger partial charge in [0.15, 0.2) is 11.5 Å². The molecule has 7 heteroatoms. The number of aromatic nitrogens is 1. The number of carbonyl (C=O) groups excluding carboxylic acids is 2. The van der Waals surface area contributed by atoms with Crippen LogP contribution in [0, 0.1) is 0 Å². The molecule has 0 aliphatic carbocycles. The number of nitrogens with one attached hydrogen (secondary N) is 1. The maximum absolute atomic E-state index is 12.1. The molecule has 1 N–H and O–H groups in total. The van der Waals surface area contributed by atoms with Crippen LogP contribution in [0.5, 0.6) is 11.5 Å². The highest BCUT2D eigenvalue weighted by Gasteiger charge is 2.10. The van der Waals surface area contributed by atoms with E-state index in [-0.39, 0.29) is 18.9 Å². The maximum atomic E-state index is 12.1. The fourth-order valence-electron chi connectivity index (χ4n) is 2.25. The minimum absolute atomic E-state index is 0.169. The van der Waals surface area contributed by atoms with Crippen molar-refractivity contribution in [3.8, 4) is 11.5 Å². The monoisotopic (exact) mass is 344 g/mol. The summed E-state index contributed by atoms with van der Waals surface area (Å²) in [5.74, 6) is 0.563. The lowest BCUT2D eigenvalue weighted by molar-refractivity contribution is -0.120. The zero-order valence-corrected chi connectivity index (χ0v) is 14.4. The highest BCUT2D eigenvalue weighted by Crippen LogP contribution is 2.27. The molecule has 132 valence electrons. The van der Waals surface area contributed by atoms with E-state index in [4.69, 9.17) is 9.47 Å². The lowest BCUT2D eigenvalue weighted by Gasteiger charge is -2.10. The molecule has 0 atom stereocenters. The number of benzene rings is 1. The minimum Gasteiger partial charge on any atom is -0.493 e. The Hall–Kier alpha value is -3.09. The van der Waals surface area contributed by atoms with Gasteiger partial charge in [-0.2, -0.15) is 0 Å². The second-order valence-corrected chi connectivity index (χ2v) is 5.17. The van der Waals surface area contributed by atoms with Crippen LogP contribution in [0.3, 0.4) is 0 Å². The molecule has 0 saturated heterocycles. The summed E-state index contributed by atoms with van der Waals surface area (Å²) in [6, 6.07) is 8.46. The summed E-state index contributed by atoms with van der Waals surface area (Å²) in [6.07, 6.45) is 1.69. The number of methoxy groups -OCH3 is 3. The van der Waals surface area contributed by atoms with Crippen LogP contribution in [0.1, 0.15) is 21.6 Å². The first-order valence-electron chi connectivity index (χ1n) is 7.58. The summed E-state index contributed by atoms with van der Waals surface area (Å²) < 4.78 is 15.1. The van der Waals surface area contributed by atoms with Gasteiger partial charge in [-0.05, 0) is 29.8 Å². The van der Waals surface area contributed by atoms with E-state index in [1.807, 2.05) is 0 Å². The molecule has 0 fully saturated rings. The topological polar surface area (TPSA) is 86.8 Å². The van der Waals surface area contributed by atoms with Gasteiger partial charge in [0.2, 0.25) is 5.91 Å². The summed E-state index contributed by atoms with van der Waals surface area (Å²) in [6.45, 7) is 0.219. The summed E-state index contributed by atoms with van der Waals surface area (Å²) in [5, 5.41) is 2.77. The average molecular weight is 344 g/mol. The van der Waals surface area contributed by atoms with Gasteiger partial charge < -0.3 is 19.5 Å². The van der Waals surface area contributed by atoms with Gasteiger partial charge in [-0.15, -0.1) is 0 Å². The molecular formula is C18H20N2O5. The van der Waals surface area contributed by atoms with Gasteiger partial charge in [-0.3, -0.25) is 9.78 Å². The predicted molar refractivity (Wildman–Crippen MR) is 90.7 cm³/mol. The molecule has 25 heavy (non-hydrogen) atoms. The summed E-state index contributed by atoms with van der Waals surface area (Å²) in [5.41, 5.74) is 1.76. The smallest absolute Gasteiger partial charge is 0.337 e. The van der Waals surface area contributed by atoms with Gasteiger partial charge in [-0.25, -0.2) is 4.79 Å². The Labute approximate surface area is 145 Å². The van der Waals surface area contributed by atoms with Crippen LogP contribution in [-0.2, 0) is 22.5 Å². The first-order valence-corrected chi connectivity index (χ1v) is 7.58. The van der Waals surface area contributed by atoms with E-state index >= 15 is 0 Å². The van der Waals surface area contributed by atoms with Gasteiger partial charge in [0, 0.05) is 6.20 Å². The van der Waals surface area contributed by atoms with Crippen LogP contribution in [-0.4, -0.2) is 38.2 Å². The normalized spacial score (nSPS) is 10.0. The van der Waals surface area contributed by atoms with Crippen molar-refractivity contribution in [3.63, 3.8) is 0 Å². The van der Waals surface area contributed by atoms with E-state index < -0.39 is 5.97 Å². The number of ether oxygens (including phenoxy) is 3. The Bertz CT molecular complexity index is 761. The van der Waals surface area contributed by atoms with Crippen molar-refractivity contribution >= 4 is 11.9 Å². The number of carbonyl (C=O) groups is 2. The number of nitrogens with zero attached hydrogens (tertiary/aromatic N) is 1. The number of hydrogen-bond donors (Lipinski definition) is 1. The molecule has 0 aliphatic heterocycles. The molecule has 0 saturated carbocycles. The molecular weight excluding hydrogens is 324 g/mol. The molecule has 2 aromatic rings. The lowest BCUT2D eigenvalue weighted by atomic mass is 10.1. The van der Waals surface area contributed by atoms with Crippen molar-refractivity contribution in [2.45, 2.75) is 13.0 Å². The minimum atomic E-state index is -0.444. The number of hydrogen-bond acceptors (Lipinski definition) is 6. The van der Waals surface area contributed by atoms with E-state index in [0.29, 0.717) is 22.8 Å². The Kier molecular flexibility index (Phi) is 6.33. The van der Waals surface area contributed by atoms with Crippen LogP contribution in [0.2, 0.25) is 0 Å². The predicted octanol–water partition coefficient (Wildman–Crippen LogP) is 1.74. The van der Waals surface area contributed by atoms with Crippen LogP contribution in [0.15, 0.2) is 36.5 Å². The fraction of sp³-hybridized carbons (Fsp3) is 0.278. The highest BCUT2D eigenvalue weighted by molar-refractivity contribution is 5.89. The number of amides is 1. The molecule has 1 aromatic heterocycles. The van der Waals surface area contributed by atoms with Gasteiger partial charge >= 0.3 is 5.97 Å². The molecule has 0 aliphatic rings. The van der Waals surface area contributed by atoms with Crippen LogP contribution < -0.4 is 14.8 Å². The highest BCUT2D eigenvalue weighted by atomic mass is 16.5. The van der Waals surface area contributed by atoms with Crippen molar-refractivity contribution in [1.82, 2.24) is 10.3 Å². The molecule has 1 heterocycles. The molecule has 1 amide bonds. The molecule has 2 rings (SSSR count). The SMILES string of the molecule is COC(=O)c1ccnc(CNC(=O)Cc2ccc(OC)c(OC)c2)c1. The lowest BCUT2D eigenvalue weighted by Crippen LogP contribution is -2.25. The van der Waals surface area contributed by atoms with E-state index in [1.165, 1.54) is 13.3 Å². The zero-order chi connectivity index (χ0) is 18.2. The van der Waals surface area contributed by atoms with Gasteiger partial charge in [0.25, 0.3) is 0 Å². The number of pyridine rings is 1. The van der Waals surface area contributed by atoms with E-state index in [9.17, 15) is 9.59 Å². The first kappa shape index (κ1) is 18.3. The van der Waals surface area contributed by atoms with Crippen LogP contribution in [0.4, 0.5) is 0 Å². The van der Waals surface area contributed by atoms with Crippen molar-refractivity contribution in [3.05, 3.63) is 53.3 Å². The first-order chi connectivity index (χ1) is 12.1. The van der Waals surface area contributed by atoms with Crippen LogP contribution >= 0.6 is 0 Å². The largest absolute Gasteiger partial charge is 0.493 e. The molecule has 0 spiro atoms. The summed E-state index contributed by atoms with van der Waals surface area (Å²) in [4.78, 5) is 27.7. The molecule has 0 bridgehead atoms. The third kappa shape index (κ3) is 4.94. The van der Waals surface area contributed by atoms with Gasteiger partial charge in [0.05, 0.1) is 45.6 Å². The van der Waals surface area contributed by atoms with Gasteiger partial charge in [-0.1, -0.05) is 6.07 Å². The molecule has 0 radical (unpaired) electrons. The zero-order valence-electron chi connectivity index (χ0n) is 14.4. The van der Waals surface area contributed by atoms with Crippen molar-refractivity contribution in [1.29, 1.82) is 0 Å². The van der Waals surface area contributed by atoms with E-state index in [0.717, 1.165) is 5.56 Å². The van der Waals surface area contributed by atoms with E-state index in [1.54, 1.807) is 44.6 Å². The van der Waals surface area contributed by atoms with Crippen LogP contribution in [0.25, 0.3) is 0 Å². The Morgan fingerprint density at radius 1 is 1.04 bits per heavy atom. The fourth-order valence-corrected chi connectivity index (χ4v) is 2.25.